The minimum Gasteiger partial charge on any atom is -0.357 e. The molecule has 0 bridgehead atoms. The molecular formula is C18H29N3. The van der Waals surface area contributed by atoms with Crippen molar-refractivity contribution in [2.24, 2.45) is 0 Å². The fraction of sp³-hybridized carbons (Fsp3) is 0.722. The molecule has 0 amide bonds. The van der Waals surface area contributed by atoms with Gasteiger partial charge in [0.15, 0.2) is 0 Å². The first-order valence-electron chi connectivity index (χ1n) is 8.84. The second-order valence-corrected chi connectivity index (χ2v) is 6.66. The molecule has 0 radical (unpaired) electrons. The van der Waals surface area contributed by atoms with E-state index in [4.69, 9.17) is 0 Å². The molecule has 2 heterocycles. The number of anilines is 1. The summed E-state index contributed by atoms with van der Waals surface area (Å²) in [7, 11) is 0. The van der Waals surface area contributed by atoms with Crippen LogP contribution >= 0.6 is 0 Å². The predicted octanol–water partition coefficient (Wildman–Crippen LogP) is 3.75. The summed E-state index contributed by atoms with van der Waals surface area (Å²) in [6, 6.07) is 7.70. The first-order chi connectivity index (χ1) is 10.4. The van der Waals surface area contributed by atoms with Gasteiger partial charge in [-0.3, -0.25) is 0 Å². The Labute approximate surface area is 129 Å². The quantitative estimate of drug-likeness (QED) is 0.917. The summed E-state index contributed by atoms with van der Waals surface area (Å²) in [5.74, 6) is 1.14. The minimum atomic E-state index is 0.717. The highest BCUT2D eigenvalue weighted by Gasteiger charge is 2.22. The largest absolute Gasteiger partial charge is 0.357 e. The third kappa shape index (κ3) is 4.44. The molecule has 1 saturated heterocycles. The fourth-order valence-corrected chi connectivity index (χ4v) is 3.77. The summed E-state index contributed by atoms with van der Waals surface area (Å²) >= 11 is 0. The van der Waals surface area contributed by atoms with Gasteiger partial charge < -0.3 is 10.2 Å². The predicted molar refractivity (Wildman–Crippen MR) is 88.7 cm³/mol. The molecule has 2 aliphatic rings. The number of pyridine rings is 1. The molecule has 0 spiro atoms. The van der Waals surface area contributed by atoms with Crippen LogP contribution in [0.1, 0.15) is 57.8 Å². The Hall–Kier alpha value is -1.09. The van der Waals surface area contributed by atoms with Crippen LogP contribution in [0.5, 0.6) is 0 Å². The van der Waals surface area contributed by atoms with E-state index in [1.165, 1.54) is 57.8 Å². The van der Waals surface area contributed by atoms with Gasteiger partial charge in [0.2, 0.25) is 0 Å². The van der Waals surface area contributed by atoms with Gasteiger partial charge in [-0.05, 0) is 37.8 Å². The van der Waals surface area contributed by atoms with E-state index < -0.39 is 0 Å². The average Bonchev–Trinajstić information content (AvgIpc) is 2.51. The Balaban J connectivity index is 1.45. The Kier molecular flexibility index (Phi) is 5.50. The summed E-state index contributed by atoms with van der Waals surface area (Å²) in [5.41, 5.74) is 0. The van der Waals surface area contributed by atoms with Gasteiger partial charge in [0.25, 0.3) is 0 Å². The molecule has 21 heavy (non-hydrogen) atoms. The molecule has 0 unspecified atom stereocenters. The van der Waals surface area contributed by atoms with E-state index in [1.54, 1.807) is 0 Å². The summed E-state index contributed by atoms with van der Waals surface area (Å²) in [6.45, 7) is 2.28. The number of rotatable bonds is 3. The topological polar surface area (TPSA) is 28.2 Å². The molecule has 1 N–H and O–H groups in total. The molecule has 2 fully saturated rings. The van der Waals surface area contributed by atoms with Gasteiger partial charge in [0, 0.05) is 31.4 Å². The Morgan fingerprint density at radius 2 is 1.52 bits per heavy atom. The summed E-state index contributed by atoms with van der Waals surface area (Å²) in [6.07, 6.45) is 14.4. The molecule has 0 aromatic carbocycles. The van der Waals surface area contributed by atoms with Crippen LogP contribution < -0.4 is 10.2 Å². The van der Waals surface area contributed by atoms with Gasteiger partial charge in [-0.15, -0.1) is 0 Å². The summed E-state index contributed by atoms with van der Waals surface area (Å²) in [5, 5.41) is 3.95. The van der Waals surface area contributed by atoms with E-state index >= 15 is 0 Å². The lowest BCUT2D eigenvalue weighted by Crippen LogP contribution is -2.46. The van der Waals surface area contributed by atoms with Crippen LogP contribution in [0.2, 0.25) is 0 Å². The van der Waals surface area contributed by atoms with Gasteiger partial charge in [-0.2, -0.15) is 0 Å². The van der Waals surface area contributed by atoms with Crippen molar-refractivity contribution in [1.82, 2.24) is 10.3 Å². The maximum Gasteiger partial charge on any atom is 0.128 e. The molecule has 1 aliphatic heterocycles. The van der Waals surface area contributed by atoms with E-state index in [0.29, 0.717) is 0 Å². The van der Waals surface area contributed by atoms with Crippen LogP contribution in [0.3, 0.4) is 0 Å². The minimum absolute atomic E-state index is 0.717. The molecule has 3 rings (SSSR count). The average molecular weight is 287 g/mol. The monoisotopic (exact) mass is 287 g/mol. The molecule has 1 aliphatic carbocycles. The van der Waals surface area contributed by atoms with Crippen molar-refractivity contribution >= 4 is 5.82 Å². The lowest BCUT2D eigenvalue weighted by atomic mass is 9.95. The Bertz CT molecular complexity index is 390. The summed E-state index contributed by atoms with van der Waals surface area (Å²) in [4.78, 5) is 6.90. The Morgan fingerprint density at radius 1 is 0.857 bits per heavy atom. The van der Waals surface area contributed by atoms with E-state index in [9.17, 15) is 0 Å². The second kappa shape index (κ2) is 7.79. The Morgan fingerprint density at radius 3 is 2.19 bits per heavy atom. The number of hydrogen-bond acceptors (Lipinski definition) is 3. The third-order valence-electron chi connectivity index (χ3n) is 5.04. The van der Waals surface area contributed by atoms with Crippen LogP contribution in [0.25, 0.3) is 0 Å². The number of nitrogens with one attached hydrogen (secondary N) is 1. The normalized spacial score (nSPS) is 22.8. The second-order valence-electron chi connectivity index (χ2n) is 6.66. The van der Waals surface area contributed by atoms with Gasteiger partial charge >= 0.3 is 0 Å². The molecule has 3 heteroatoms. The van der Waals surface area contributed by atoms with Gasteiger partial charge in [-0.25, -0.2) is 4.98 Å². The number of hydrogen-bond donors (Lipinski definition) is 1. The highest BCUT2D eigenvalue weighted by Crippen LogP contribution is 2.21. The SMILES string of the molecule is c1ccc(N2CCC(NC3CCCCCCC3)CC2)nc1. The molecular weight excluding hydrogens is 258 g/mol. The lowest BCUT2D eigenvalue weighted by Gasteiger charge is -2.35. The van der Waals surface area contributed by atoms with Crippen molar-refractivity contribution in [3.63, 3.8) is 0 Å². The molecule has 1 aromatic heterocycles. The first-order valence-corrected chi connectivity index (χ1v) is 8.84. The van der Waals surface area contributed by atoms with Crippen molar-refractivity contribution in [2.75, 3.05) is 18.0 Å². The smallest absolute Gasteiger partial charge is 0.128 e. The highest BCUT2D eigenvalue weighted by atomic mass is 15.2. The van der Waals surface area contributed by atoms with Crippen molar-refractivity contribution in [3.05, 3.63) is 24.4 Å². The van der Waals surface area contributed by atoms with Gasteiger partial charge in [-0.1, -0.05) is 38.2 Å². The zero-order valence-corrected chi connectivity index (χ0v) is 13.1. The maximum atomic E-state index is 4.47. The molecule has 1 saturated carbocycles. The van der Waals surface area contributed by atoms with Crippen molar-refractivity contribution < 1.29 is 0 Å². The van der Waals surface area contributed by atoms with Crippen molar-refractivity contribution in [1.29, 1.82) is 0 Å². The third-order valence-corrected chi connectivity index (χ3v) is 5.04. The molecule has 0 atom stereocenters. The van der Waals surface area contributed by atoms with Crippen LogP contribution in [-0.2, 0) is 0 Å². The van der Waals surface area contributed by atoms with Crippen LogP contribution in [0.4, 0.5) is 5.82 Å². The van der Waals surface area contributed by atoms with E-state index in [0.717, 1.165) is 31.0 Å². The van der Waals surface area contributed by atoms with Gasteiger partial charge in [0.1, 0.15) is 5.82 Å². The zero-order chi connectivity index (χ0) is 14.3. The lowest BCUT2D eigenvalue weighted by molar-refractivity contribution is 0.319. The number of aromatic nitrogens is 1. The molecule has 3 nitrogen and oxygen atoms in total. The molecule has 116 valence electrons. The first kappa shape index (κ1) is 14.8. The zero-order valence-electron chi connectivity index (χ0n) is 13.1. The van der Waals surface area contributed by atoms with E-state index in [2.05, 4.69) is 27.3 Å². The van der Waals surface area contributed by atoms with Crippen molar-refractivity contribution in [3.8, 4) is 0 Å². The van der Waals surface area contributed by atoms with E-state index in [1.807, 2.05) is 12.3 Å². The fourth-order valence-electron chi connectivity index (χ4n) is 3.77. The van der Waals surface area contributed by atoms with Gasteiger partial charge in [0.05, 0.1) is 0 Å². The maximum absolute atomic E-state index is 4.47. The van der Waals surface area contributed by atoms with Crippen LogP contribution in [0.15, 0.2) is 24.4 Å². The standard InChI is InChI=1S/C18H29N3/c1-2-4-8-16(9-5-3-1)20-17-11-14-21(15-12-17)18-10-6-7-13-19-18/h6-7,10,13,16-17,20H,1-5,8-9,11-12,14-15H2. The summed E-state index contributed by atoms with van der Waals surface area (Å²) < 4.78 is 0. The number of nitrogens with zero attached hydrogens (tertiary/aromatic N) is 2. The van der Waals surface area contributed by atoms with Crippen LogP contribution in [0, 0.1) is 0 Å². The van der Waals surface area contributed by atoms with Crippen LogP contribution in [-0.4, -0.2) is 30.2 Å². The van der Waals surface area contributed by atoms with E-state index in [-0.39, 0.29) is 0 Å². The highest BCUT2D eigenvalue weighted by molar-refractivity contribution is 5.38. The number of piperidine rings is 1. The van der Waals surface area contributed by atoms with Crippen molar-refractivity contribution in [2.45, 2.75) is 69.9 Å². The molecule has 1 aromatic rings.